The summed E-state index contributed by atoms with van der Waals surface area (Å²) >= 11 is 5.94. The van der Waals surface area contributed by atoms with Gasteiger partial charge in [0.05, 0.1) is 16.3 Å². The molecule has 0 spiro atoms. The molecule has 1 aliphatic carbocycles. The van der Waals surface area contributed by atoms with Gasteiger partial charge in [0.15, 0.2) is 6.61 Å². The van der Waals surface area contributed by atoms with Crippen molar-refractivity contribution in [3.05, 3.63) is 82.5 Å². The predicted octanol–water partition coefficient (Wildman–Crippen LogP) is 7.23. The molecule has 2 aromatic carbocycles. The van der Waals surface area contributed by atoms with Gasteiger partial charge in [-0.3, -0.25) is 25.2 Å². The maximum absolute atomic E-state index is 13.4. The second kappa shape index (κ2) is 22.1. The summed E-state index contributed by atoms with van der Waals surface area (Å²) in [4.78, 5) is 44.9. The monoisotopic (exact) mass is 760 g/mol. The van der Waals surface area contributed by atoms with Crippen LogP contribution in [-0.4, -0.2) is 79.4 Å². The first-order chi connectivity index (χ1) is 26.1. The van der Waals surface area contributed by atoms with Gasteiger partial charge in [0, 0.05) is 44.5 Å². The molecule has 3 amide bonds. The molecule has 6 N–H and O–H groups in total. The first-order valence-electron chi connectivity index (χ1n) is 18.7. The van der Waals surface area contributed by atoms with Crippen molar-refractivity contribution in [1.29, 1.82) is 10.8 Å². The van der Waals surface area contributed by atoms with Gasteiger partial charge in [-0.25, -0.2) is 4.98 Å². The summed E-state index contributed by atoms with van der Waals surface area (Å²) in [5.74, 6) is -0.492. The van der Waals surface area contributed by atoms with Crippen LogP contribution in [0.3, 0.4) is 0 Å². The standard InChI is InChI=1S/C40H53ClN8O5/c1-49(2)37(42)28-15-17-29(18-16-28)38(51)47-34-21-20-32(25-33(34)39(52)48-35-22-19-30(41)26-46-35)53-27-36(50)44-23-11-7-8-12-24-45-40(43)54-31-13-9-5-3-4-6-10-14-31/h15-22,25-26,31,42H,3-14,23-24,27H2,1-2H3,(H2,43,45)(H,44,50)(H,47,51)(H,46,48,52). The van der Waals surface area contributed by atoms with E-state index >= 15 is 0 Å². The quantitative estimate of drug-likeness (QED) is 0.0503. The molecule has 0 atom stereocenters. The third-order valence-corrected chi connectivity index (χ3v) is 9.21. The summed E-state index contributed by atoms with van der Waals surface area (Å²) in [6.45, 7) is 0.925. The molecule has 1 saturated carbocycles. The molecule has 3 aromatic rings. The Hall–Kier alpha value is -5.17. The first-order valence-corrected chi connectivity index (χ1v) is 19.1. The minimum absolute atomic E-state index is 0.0930. The maximum atomic E-state index is 13.4. The van der Waals surface area contributed by atoms with Crippen LogP contribution in [0.25, 0.3) is 0 Å². The van der Waals surface area contributed by atoms with Gasteiger partial charge in [0.1, 0.15) is 23.5 Å². The largest absolute Gasteiger partial charge is 0.484 e. The number of rotatable bonds is 16. The number of ether oxygens (including phenoxy) is 2. The number of carbonyl (C=O) groups excluding carboxylic acids is 3. The fraction of sp³-hybridized carbons (Fsp3) is 0.450. The number of carbonyl (C=O) groups is 3. The van der Waals surface area contributed by atoms with E-state index in [-0.39, 0.29) is 47.5 Å². The molecule has 0 radical (unpaired) electrons. The van der Waals surface area contributed by atoms with E-state index in [0.717, 1.165) is 38.5 Å². The van der Waals surface area contributed by atoms with Gasteiger partial charge in [0.25, 0.3) is 23.7 Å². The second-order valence-corrected chi connectivity index (χ2v) is 14.0. The molecular formula is C40H53ClN8O5. The highest BCUT2D eigenvalue weighted by Gasteiger charge is 2.18. The zero-order chi connectivity index (χ0) is 38.7. The van der Waals surface area contributed by atoms with Crippen LogP contribution < -0.4 is 26.0 Å². The number of pyridine rings is 1. The molecule has 1 heterocycles. The lowest BCUT2D eigenvalue weighted by molar-refractivity contribution is -0.123. The smallest absolute Gasteiger partial charge is 0.281 e. The Morgan fingerprint density at radius 1 is 0.796 bits per heavy atom. The normalized spacial score (nSPS) is 13.3. The van der Waals surface area contributed by atoms with Crippen molar-refractivity contribution < 1.29 is 23.9 Å². The zero-order valence-corrected chi connectivity index (χ0v) is 32.0. The number of hydrogen-bond acceptors (Lipinski definition) is 8. The molecule has 290 valence electrons. The van der Waals surface area contributed by atoms with Gasteiger partial charge in [-0.15, -0.1) is 0 Å². The highest BCUT2D eigenvalue weighted by molar-refractivity contribution is 6.30. The average molecular weight is 761 g/mol. The van der Waals surface area contributed by atoms with Crippen LogP contribution in [0.4, 0.5) is 11.5 Å². The number of nitrogens with zero attached hydrogens (tertiary/aromatic N) is 2. The lowest BCUT2D eigenvalue weighted by Gasteiger charge is -2.19. The van der Waals surface area contributed by atoms with Gasteiger partial charge in [-0.05, 0) is 81.0 Å². The van der Waals surface area contributed by atoms with Crippen molar-refractivity contribution in [2.45, 2.75) is 83.2 Å². The summed E-state index contributed by atoms with van der Waals surface area (Å²) in [7, 11) is 3.53. The Morgan fingerprint density at radius 3 is 2.09 bits per heavy atom. The SMILES string of the molecule is CN(C)C(=N)c1ccc(C(=O)Nc2ccc(OCC(=O)NCCCCCCNC(=N)OC3CCCCCCCC3)cc2C(=O)Nc2ccc(Cl)cn2)cc1. The van der Waals surface area contributed by atoms with Crippen LogP contribution in [0.5, 0.6) is 5.75 Å². The van der Waals surface area contributed by atoms with Crippen LogP contribution in [0, 0.1) is 10.8 Å². The number of anilines is 2. The number of benzene rings is 2. The molecule has 4 rings (SSSR count). The predicted molar refractivity (Wildman–Crippen MR) is 213 cm³/mol. The molecule has 0 bridgehead atoms. The molecule has 54 heavy (non-hydrogen) atoms. The lowest BCUT2D eigenvalue weighted by Crippen LogP contribution is -2.30. The van der Waals surface area contributed by atoms with E-state index in [1.807, 2.05) is 0 Å². The van der Waals surface area contributed by atoms with E-state index in [9.17, 15) is 14.4 Å². The van der Waals surface area contributed by atoms with Gasteiger partial charge in [-0.2, -0.15) is 0 Å². The molecule has 1 fully saturated rings. The zero-order valence-electron chi connectivity index (χ0n) is 31.3. The Morgan fingerprint density at radius 2 is 1.44 bits per heavy atom. The summed E-state index contributed by atoms with van der Waals surface area (Å²) < 4.78 is 11.6. The lowest BCUT2D eigenvalue weighted by atomic mass is 10.1. The number of amides is 3. The first kappa shape index (κ1) is 41.6. The molecule has 1 aromatic heterocycles. The van der Waals surface area contributed by atoms with E-state index < -0.39 is 11.8 Å². The van der Waals surface area contributed by atoms with E-state index in [2.05, 4.69) is 26.3 Å². The van der Waals surface area contributed by atoms with Gasteiger partial charge >= 0.3 is 0 Å². The van der Waals surface area contributed by atoms with Crippen molar-refractivity contribution in [2.24, 2.45) is 0 Å². The van der Waals surface area contributed by atoms with Gasteiger partial charge in [-0.1, -0.05) is 62.3 Å². The summed E-state index contributed by atoms with van der Waals surface area (Å²) in [6, 6.07) is 14.4. The van der Waals surface area contributed by atoms with Crippen LogP contribution in [0.1, 0.15) is 103 Å². The van der Waals surface area contributed by atoms with Crippen LogP contribution >= 0.6 is 11.6 Å². The third-order valence-electron chi connectivity index (χ3n) is 8.99. The molecule has 0 aliphatic heterocycles. The Balaban J connectivity index is 1.22. The van der Waals surface area contributed by atoms with E-state index in [1.165, 1.54) is 56.9 Å². The maximum Gasteiger partial charge on any atom is 0.281 e. The number of aromatic nitrogens is 1. The number of nitrogens with one attached hydrogen (secondary N) is 6. The van der Waals surface area contributed by atoms with Crippen molar-refractivity contribution in [3.8, 4) is 5.75 Å². The highest BCUT2D eigenvalue weighted by atomic mass is 35.5. The number of hydrogen-bond donors (Lipinski definition) is 6. The Kier molecular flexibility index (Phi) is 17.1. The van der Waals surface area contributed by atoms with E-state index in [4.69, 9.17) is 31.9 Å². The van der Waals surface area contributed by atoms with Gasteiger partial charge in [0.2, 0.25) is 0 Å². The van der Waals surface area contributed by atoms with Crippen molar-refractivity contribution in [1.82, 2.24) is 20.5 Å². The molecule has 0 unspecified atom stereocenters. The molecule has 13 nitrogen and oxygen atoms in total. The van der Waals surface area contributed by atoms with Crippen molar-refractivity contribution in [2.75, 3.05) is 44.4 Å². The van der Waals surface area contributed by atoms with E-state index in [0.29, 0.717) is 35.1 Å². The summed E-state index contributed by atoms with van der Waals surface area (Å²) in [5, 5.41) is 28.1. The fourth-order valence-electron chi connectivity index (χ4n) is 5.93. The minimum Gasteiger partial charge on any atom is -0.484 e. The third kappa shape index (κ3) is 14.3. The number of unbranched alkanes of at least 4 members (excludes halogenated alkanes) is 3. The number of halogens is 1. The van der Waals surface area contributed by atoms with Crippen molar-refractivity contribution in [3.63, 3.8) is 0 Å². The minimum atomic E-state index is -0.560. The topological polar surface area (TPSA) is 182 Å². The Bertz CT molecular complexity index is 1690. The Labute approximate surface area is 322 Å². The van der Waals surface area contributed by atoms with E-state index in [1.54, 1.807) is 61.5 Å². The summed E-state index contributed by atoms with van der Waals surface area (Å²) in [6.07, 6.45) is 14.6. The fourth-order valence-corrected chi connectivity index (χ4v) is 6.04. The average Bonchev–Trinajstić information content (AvgIpc) is 3.30. The van der Waals surface area contributed by atoms with Crippen LogP contribution in [-0.2, 0) is 9.53 Å². The molecule has 0 saturated heterocycles. The molecular weight excluding hydrogens is 708 g/mol. The van der Waals surface area contributed by atoms with Crippen molar-refractivity contribution >= 4 is 52.7 Å². The summed E-state index contributed by atoms with van der Waals surface area (Å²) in [5.41, 5.74) is 1.30. The van der Waals surface area contributed by atoms with Crippen LogP contribution in [0.2, 0.25) is 5.02 Å². The molecule has 14 heteroatoms. The van der Waals surface area contributed by atoms with Gasteiger partial charge < -0.3 is 35.6 Å². The van der Waals surface area contributed by atoms with Crippen LogP contribution in [0.15, 0.2) is 60.8 Å². The second-order valence-electron chi connectivity index (χ2n) is 13.5. The molecule has 1 aliphatic rings. The highest BCUT2D eigenvalue weighted by Crippen LogP contribution is 2.25. The number of amidine groups is 2.